The van der Waals surface area contributed by atoms with Gasteiger partial charge in [-0.2, -0.15) is 5.10 Å². The summed E-state index contributed by atoms with van der Waals surface area (Å²) in [5, 5.41) is 19.5. The molecule has 0 spiro atoms. The van der Waals surface area contributed by atoms with Crippen LogP contribution in [-0.4, -0.2) is 58.4 Å². The number of hydrogen-bond acceptors (Lipinski definition) is 6. The van der Waals surface area contributed by atoms with E-state index in [0.717, 1.165) is 43.8 Å². The Bertz CT molecular complexity index is 1410. The van der Waals surface area contributed by atoms with Crippen molar-refractivity contribution in [2.45, 2.75) is 6.54 Å². The first-order valence-corrected chi connectivity index (χ1v) is 11.6. The topological polar surface area (TPSA) is 103 Å². The van der Waals surface area contributed by atoms with Gasteiger partial charge in [-0.25, -0.2) is 4.39 Å². The van der Waals surface area contributed by atoms with E-state index >= 15 is 0 Å². The number of nitro benzene ring substituents is 1. The van der Waals surface area contributed by atoms with Crippen molar-refractivity contribution in [2.24, 2.45) is 0 Å². The zero-order valence-electron chi connectivity index (χ0n) is 19.4. The Morgan fingerprint density at radius 2 is 1.86 bits per heavy atom. The SMILES string of the molecule is O=C(Nc1cc2cn(CCN3CCOCC3)nc2cc1-c1ccc(F)cc1)c1cccc([N+](=O)[O-])c1. The first-order valence-electron chi connectivity index (χ1n) is 11.6. The largest absolute Gasteiger partial charge is 0.379 e. The summed E-state index contributed by atoms with van der Waals surface area (Å²) in [5.74, 6) is -0.851. The molecule has 1 N–H and O–H groups in total. The number of anilines is 1. The lowest BCUT2D eigenvalue weighted by Gasteiger charge is -2.26. The van der Waals surface area contributed by atoms with Crippen molar-refractivity contribution in [1.82, 2.24) is 14.7 Å². The predicted molar refractivity (Wildman–Crippen MR) is 133 cm³/mol. The van der Waals surface area contributed by atoms with Crippen molar-refractivity contribution >= 4 is 28.2 Å². The first-order chi connectivity index (χ1) is 17.5. The summed E-state index contributed by atoms with van der Waals surface area (Å²) in [6, 6.07) is 15.2. The van der Waals surface area contributed by atoms with Crippen molar-refractivity contribution < 1.29 is 18.8 Å². The van der Waals surface area contributed by atoms with Gasteiger partial charge in [-0.3, -0.25) is 24.5 Å². The molecule has 184 valence electrons. The second-order valence-electron chi connectivity index (χ2n) is 8.57. The van der Waals surface area contributed by atoms with E-state index in [9.17, 15) is 19.3 Å². The number of nitro groups is 1. The summed E-state index contributed by atoms with van der Waals surface area (Å²) in [7, 11) is 0. The van der Waals surface area contributed by atoms with Crippen LogP contribution < -0.4 is 5.32 Å². The molecule has 1 amide bonds. The minimum Gasteiger partial charge on any atom is -0.379 e. The molecular weight excluding hydrogens is 465 g/mol. The van der Waals surface area contributed by atoms with Crippen LogP contribution in [0.15, 0.2) is 66.9 Å². The third-order valence-electron chi connectivity index (χ3n) is 6.16. The zero-order chi connectivity index (χ0) is 25.1. The van der Waals surface area contributed by atoms with Crippen LogP contribution in [0.5, 0.6) is 0 Å². The quantitative estimate of drug-likeness (QED) is 0.306. The number of ether oxygens (including phenoxy) is 1. The van der Waals surface area contributed by atoms with Crippen molar-refractivity contribution in [3.05, 3.63) is 88.4 Å². The smallest absolute Gasteiger partial charge is 0.270 e. The summed E-state index contributed by atoms with van der Waals surface area (Å²) >= 11 is 0. The predicted octanol–water partition coefficient (Wildman–Crippen LogP) is 4.34. The summed E-state index contributed by atoms with van der Waals surface area (Å²) in [6.07, 6.45) is 1.92. The summed E-state index contributed by atoms with van der Waals surface area (Å²) in [6.45, 7) is 4.80. The van der Waals surface area contributed by atoms with Gasteiger partial charge in [0, 0.05) is 60.2 Å². The van der Waals surface area contributed by atoms with Gasteiger partial charge in [0.15, 0.2) is 0 Å². The van der Waals surface area contributed by atoms with Crippen LogP contribution in [0.4, 0.5) is 15.8 Å². The number of non-ortho nitro benzene ring substituents is 1. The Balaban J connectivity index is 1.47. The minimum absolute atomic E-state index is 0.163. The van der Waals surface area contributed by atoms with E-state index in [-0.39, 0.29) is 17.1 Å². The molecule has 9 nitrogen and oxygen atoms in total. The molecule has 1 aliphatic heterocycles. The number of amides is 1. The van der Waals surface area contributed by atoms with Gasteiger partial charge in [0.25, 0.3) is 11.6 Å². The van der Waals surface area contributed by atoms with Crippen molar-refractivity contribution in [1.29, 1.82) is 0 Å². The maximum absolute atomic E-state index is 13.6. The molecule has 0 bridgehead atoms. The standard InChI is InChI=1S/C26H24FN5O4/c27-21-6-4-18(5-7-21)23-16-24-20(17-31(29-24)9-8-30-10-12-36-13-11-30)15-25(23)28-26(33)19-2-1-3-22(14-19)32(34)35/h1-7,14-17H,8-13H2,(H,28,33). The van der Waals surface area contributed by atoms with Gasteiger partial charge in [-0.1, -0.05) is 18.2 Å². The summed E-state index contributed by atoms with van der Waals surface area (Å²) < 4.78 is 20.9. The fourth-order valence-electron chi connectivity index (χ4n) is 4.23. The van der Waals surface area contributed by atoms with Crippen LogP contribution in [0.25, 0.3) is 22.0 Å². The summed E-state index contributed by atoms with van der Waals surface area (Å²) in [5.41, 5.74) is 2.60. The number of hydrogen-bond donors (Lipinski definition) is 1. The van der Waals surface area contributed by atoms with Crippen molar-refractivity contribution in [2.75, 3.05) is 38.2 Å². The number of rotatable bonds is 7. The Labute approximate surface area is 206 Å². The Morgan fingerprint density at radius 1 is 1.08 bits per heavy atom. The molecule has 5 rings (SSSR count). The average molecular weight is 490 g/mol. The van der Waals surface area contributed by atoms with Gasteiger partial charge in [0.05, 0.1) is 30.2 Å². The lowest BCUT2D eigenvalue weighted by atomic mass is 10.0. The molecule has 10 heteroatoms. The van der Waals surface area contributed by atoms with Gasteiger partial charge in [-0.05, 0) is 35.9 Å². The third-order valence-corrected chi connectivity index (χ3v) is 6.16. The molecule has 3 aromatic carbocycles. The fraction of sp³-hybridized carbons (Fsp3) is 0.231. The summed E-state index contributed by atoms with van der Waals surface area (Å²) in [4.78, 5) is 25.9. The van der Waals surface area contributed by atoms with Crippen molar-refractivity contribution in [3.63, 3.8) is 0 Å². The number of nitrogens with one attached hydrogen (secondary N) is 1. The number of halogens is 1. The number of morpholine rings is 1. The number of aromatic nitrogens is 2. The lowest BCUT2D eigenvalue weighted by molar-refractivity contribution is -0.384. The monoisotopic (exact) mass is 489 g/mol. The minimum atomic E-state index is -0.544. The average Bonchev–Trinajstić information content (AvgIpc) is 3.30. The Kier molecular flexibility index (Phi) is 6.70. The van der Waals surface area contributed by atoms with Crippen molar-refractivity contribution in [3.8, 4) is 11.1 Å². The van der Waals surface area contributed by atoms with E-state index in [2.05, 4.69) is 10.2 Å². The van der Waals surface area contributed by atoms with Gasteiger partial charge >= 0.3 is 0 Å². The highest BCUT2D eigenvalue weighted by atomic mass is 19.1. The van der Waals surface area contributed by atoms with E-state index in [4.69, 9.17) is 9.84 Å². The van der Waals surface area contributed by atoms with Crippen LogP contribution in [0.2, 0.25) is 0 Å². The fourth-order valence-corrected chi connectivity index (χ4v) is 4.23. The molecule has 0 atom stereocenters. The molecule has 1 aromatic heterocycles. The number of nitrogens with zero attached hydrogens (tertiary/aromatic N) is 4. The molecule has 0 radical (unpaired) electrons. The van der Waals surface area contributed by atoms with Crippen LogP contribution >= 0.6 is 0 Å². The molecule has 1 saturated heterocycles. The van der Waals surface area contributed by atoms with E-state index < -0.39 is 10.8 Å². The lowest BCUT2D eigenvalue weighted by Crippen LogP contribution is -2.38. The number of benzene rings is 3. The van der Waals surface area contributed by atoms with Gasteiger partial charge in [0.1, 0.15) is 5.82 Å². The van der Waals surface area contributed by atoms with Gasteiger partial charge < -0.3 is 10.1 Å². The third kappa shape index (κ3) is 5.24. The van der Waals surface area contributed by atoms with Crippen LogP contribution in [0, 0.1) is 15.9 Å². The molecule has 36 heavy (non-hydrogen) atoms. The van der Waals surface area contributed by atoms with Gasteiger partial charge in [-0.15, -0.1) is 0 Å². The number of carbonyl (C=O) groups excluding carboxylic acids is 1. The highest BCUT2D eigenvalue weighted by molar-refractivity contribution is 6.08. The Hall–Kier alpha value is -4.15. The van der Waals surface area contributed by atoms with Crippen LogP contribution in [0.3, 0.4) is 0 Å². The van der Waals surface area contributed by atoms with Crippen LogP contribution in [0.1, 0.15) is 10.4 Å². The Morgan fingerprint density at radius 3 is 2.61 bits per heavy atom. The molecule has 1 fully saturated rings. The molecular formula is C26H24FN5O4. The van der Waals surface area contributed by atoms with Crippen LogP contribution in [-0.2, 0) is 11.3 Å². The normalized spacial score (nSPS) is 14.1. The maximum atomic E-state index is 13.6. The molecule has 0 unspecified atom stereocenters. The first kappa shape index (κ1) is 23.6. The number of fused-ring (bicyclic) bond motifs is 1. The van der Waals surface area contributed by atoms with Gasteiger partial charge in [0.2, 0.25) is 0 Å². The molecule has 4 aromatic rings. The second-order valence-corrected chi connectivity index (χ2v) is 8.57. The number of carbonyl (C=O) groups is 1. The molecule has 1 aliphatic rings. The second kappa shape index (κ2) is 10.2. The van der Waals surface area contributed by atoms with E-state index in [1.807, 2.05) is 23.0 Å². The van der Waals surface area contributed by atoms with E-state index in [1.165, 1.54) is 36.4 Å². The maximum Gasteiger partial charge on any atom is 0.270 e. The zero-order valence-corrected chi connectivity index (χ0v) is 19.4. The van der Waals surface area contributed by atoms with E-state index in [0.29, 0.717) is 23.4 Å². The van der Waals surface area contributed by atoms with E-state index in [1.54, 1.807) is 12.1 Å². The highest BCUT2D eigenvalue weighted by Crippen LogP contribution is 2.33. The molecule has 2 heterocycles. The molecule has 0 saturated carbocycles. The molecule has 0 aliphatic carbocycles. The highest BCUT2D eigenvalue weighted by Gasteiger charge is 2.17.